The number of imide groups is 1. The summed E-state index contributed by atoms with van der Waals surface area (Å²) in [6.07, 6.45) is 0.993. The molecular weight excluding hydrogens is 402 g/mol. The molecule has 0 spiro atoms. The number of rotatable bonds is 8. The number of aliphatic hydroxyl groups is 1. The zero-order chi connectivity index (χ0) is 21.3. The highest BCUT2D eigenvalue weighted by atomic mass is 32.2. The largest absolute Gasteiger partial charge is 0.494 e. The Morgan fingerprint density at radius 2 is 1.93 bits per heavy atom. The molecule has 158 valence electrons. The van der Waals surface area contributed by atoms with E-state index in [9.17, 15) is 9.59 Å². The van der Waals surface area contributed by atoms with Crippen LogP contribution in [0.15, 0.2) is 59.6 Å². The summed E-state index contributed by atoms with van der Waals surface area (Å²) in [6, 6.07) is 16.4. The van der Waals surface area contributed by atoms with Gasteiger partial charge in [-0.25, -0.2) is 4.90 Å². The third kappa shape index (κ3) is 5.61. The van der Waals surface area contributed by atoms with Crippen LogP contribution in [0.1, 0.15) is 19.8 Å². The number of thioether (sulfide) groups is 1. The number of benzene rings is 2. The number of hydrogen-bond donors (Lipinski definition) is 2. The predicted octanol–water partition coefficient (Wildman–Crippen LogP) is 3.30. The van der Waals surface area contributed by atoms with Gasteiger partial charge < -0.3 is 15.2 Å². The lowest BCUT2D eigenvalue weighted by molar-refractivity contribution is -0.121. The van der Waals surface area contributed by atoms with Gasteiger partial charge in [-0.05, 0) is 42.8 Å². The first kappa shape index (κ1) is 21.9. The number of nitrogens with one attached hydrogen (secondary N) is 1. The summed E-state index contributed by atoms with van der Waals surface area (Å²) in [4.78, 5) is 31.1. The second kappa shape index (κ2) is 10.8. The average Bonchev–Trinajstić information content (AvgIpc) is 3.04. The second-order valence-electron chi connectivity index (χ2n) is 6.62. The number of carbonyl (C=O) groups excluding carboxylic acids is 2. The quantitative estimate of drug-likeness (QED) is 0.382. The Kier molecular flexibility index (Phi) is 7.87. The van der Waals surface area contributed by atoms with Crippen molar-refractivity contribution < 1.29 is 19.4 Å². The number of hydrogen-bond acceptors (Lipinski definition) is 6. The molecule has 2 amide bonds. The van der Waals surface area contributed by atoms with Crippen LogP contribution in [-0.4, -0.2) is 47.1 Å². The summed E-state index contributed by atoms with van der Waals surface area (Å²) in [5, 5.41) is 12.2. The summed E-state index contributed by atoms with van der Waals surface area (Å²) in [6.45, 7) is 2.75. The Morgan fingerprint density at radius 3 is 2.60 bits per heavy atom. The first-order valence-electron chi connectivity index (χ1n) is 9.86. The Morgan fingerprint density at radius 1 is 1.20 bits per heavy atom. The zero-order valence-electron chi connectivity index (χ0n) is 16.8. The fourth-order valence-corrected chi connectivity index (χ4v) is 3.96. The van der Waals surface area contributed by atoms with E-state index in [0.29, 0.717) is 23.2 Å². The maximum Gasteiger partial charge on any atom is 0.247 e. The third-order valence-electron chi connectivity index (χ3n) is 4.31. The van der Waals surface area contributed by atoms with E-state index in [-0.39, 0.29) is 31.4 Å². The molecule has 0 saturated carbocycles. The number of ether oxygens (including phenoxy) is 1. The van der Waals surface area contributed by atoms with Crippen molar-refractivity contribution in [3.63, 3.8) is 0 Å². The van der Waals surface area contributed by atoms with Gasteiger partial charge in [0.05, 0.1) is 25.4 Å². The lowest BCUT2D eigenvalue weighted by Gasteiger charge is -2.16. The molecule has 8 heteroatoms. The number of para-hydroxylation sites is 1. The number of amidine groups is 1. The van der Waals surface area contributed by atoms with Gasteiger partial charge in [-0.1, -0.05) is 36.9 Å². The Hall–Kier alpha value is -2.84. The molecule has 7 nitrogen and oxygen atoms in total. The maximum absolute atomic E-state index is 13.0. The summed E-state index contributed by atoms with van der Waals surface area (Å²) in [7, 11) is 0. The molecule has 2 N–H and O–H groups in total. The molecule has 1 aliphatic rings. The Bertz CT molecular complexity index is 887. The summed E-state index contributed by atoms with van der Waals surface area (Å²) < 4.78 is 5.56. The first-order chi connectivity index (χ1) is 14.6. The van der Waals surface area contributed by atoms with Gasteiger partial charge in [-0.3, -0.25) is 14.6 Å². The van der Waals surface area contributed by atoms with Crippen LogP contribution in [0.4, 0.5) is 11.4 Å². The minimum absolute atomic E-state index is 0.0895. The highest BCUT2D eigenvalue weighted by Crippen LogP contribution is 2.31. The van der Waals surface area contributed by atoms with Crippen LogP contribution in [0.5, 0.6) is 5.75 Å². The lowest BCUT2D eigenvalue weighted by atomic mass is 10.3. The molecule has 3 rings (SSSR count). The molecule has 1 aliphatic heterocycles. The van der Waals surface area contributed by atoms with E-state index in [1.165, 1.54) is 16.7 Å². The van der Waals surface area contributed by atoms with E-state index in [1.54, 1.807) is 24.3 Å². The summed E-state index contributed by atoms with van der Waals surface area (Å²) >= 11 is 1.20. The lowest BCUT2D eigenvalue weighted by Crippen LogP contribution is -2.31. The van der Waals surface area contributed by atoms with Gasteiger partial charge in [0.1, 0.15) is 11.0 Å². The molecular formula is C22H25N3O4S. The molecule has 1 saturated heterocycles. The van der Waals surface area contributed by atoms with Crippen molar-refractivity contribution in [2.75, 3.05) is 30.0 Å². The minimum Gasteiger partial charge on any atom is -0.494 e. The highest BCUT2D eigenvalue weighted by Gasteiger charge is 2.40. The number of aliphatic hydroxyl groups excluding tert-OH is 1. The van der Waals surface area contributed by atoms with E-state index in [0.717, 1.165) is 12.1 Å². The molecule has 0 bridgehead atoms. The number of carbonyl (C=O) groups is 2. The predicted molar refractivity (Wildman–Crippen MR) is 120 cm³/mol. The fourth-order valence-electron chi connectivity index (χ4n) is 2.92. The highest BCUT2D eigenvalue weighted by molar-refractivity contribution is 8.15. The second-order valence-corrected chi connectivity index (χ2v) is 7.81. The summed E-state index contributed by atoms with van der Waals surface area (Å²) in [5.41, 5.74) is 1.35. The first-order valence-corrected chi connectivity index (χ1v) is 10.7. The number of amides is 2. The van der Waals surface area contributed by atoms with Crippen molar-refractivity contribution in [3.8, 4) is 5.75 Å². The molecule has 0 radical (unpaired) electrons. The molecule has 0 unspecified atom stereocenters. The van der Waals surface area contributed by atoms with Crippen molar-refractivity contribution >= 4 is 40.1 Å². The molecule has 1 heterocycles. The fraction of sp³-hybridized carbons (Fsp3) is 0.318. The molecule has 30 heavy (non-hydrogen) atoms. The third-order valence-corrected chi connectivity index (χ3v) is 5.41. The molecule has 1 atom stereocenters. The Balaban J connectivity index is 1.70. The normalized spacial score (nSPS) is 16.8. The van der Waals surface area contributed by atoms with E-state index >= 15 is 0 Å². The van der Waals surface area contributed by atoms with Crippen LogP contribution in [0, 0.1) is 0 Å². The number of nitrogens with zero attached hydrogens (tertiary/aromatic N) is 2. The van der Waals surface area contributed by atoms with Crippen LogP contribution in [0.2, 0.25) is 0 Å². The number of anilines is 2. The van der Waals surface area contributed by atoms with Crippen molar-refractivity contribution in [2.24, 2.45) is 4.99 Å². The van der Waals surface area contributed by atoms with Gasteiger partial charge in [0, 0.05) is 12.1 Å². The molecule has 0 aromatic heterocycles. The average molecular weight is 428 g/mol. The van der Waals surface area contributed by atoms with E-state index in [1.807, 2.05) is 37.3 Å². The van der Waals surface area contributed by atoms with Gasteiger partial charge in [0.25, 0.3) is 0 Å². The van der Waals surface area contributed by atoms with Gasteiger partial charge in [0.2, 0.25) is 11.8 Å². The topological polar surface area (TPSA) is 91.2 Å². The van der Waals surface area contributed by atoms with Crippen molar-refractivity contribution in [1.29, 1.82) is 0 Å². The molecule has 0 aliphatic carbocycles. The van der Waals surface area contributed by atoms with E-state index in [4.69, 9.17) is 9.84 Å². The minimum atomic E-state index is -0.581. The summed E-state index contributed by atoms with van der Waals surface area (Å²) in [5.74, 6) is 0.177. The van der Waals surface area contributed by atoms with Gasteiger partial charge in [-0.2, -0.15) is 0 Å². The van der Waals surface area contributed by atoms with Crippen molar-refractivity contribution in [2.45, 2.75) is 25.0 Å². The van der Waals surface area contributed by atoms with Crippen molar-refractivity contribution in [1.82, 2.24) is 0 Å². The molecule has 2 aromatic rings. The Labute approximate surface area is 180 Å². The van der Waals surface area contributed by atoms with Gasteiger partial charge in [0.15, 0.2) is 5.17 Å². The molecule has 1 fully saturated rings. The smallest absolute Gasteiger partial charge is 0.247 e. The zero-order valence-corrected chi connectivity index (χ0v) is 17.6. The van der Waals surface area contributed by atoms with Crippen molar-refractivity contribution in [3.05, 3.63) is 54.6 Å². The van der Waals surface area contributed by atoms with Crippen LogP contribution in [-0.2, 0) is 9.59 Å². The van der Waals surface area contributed by atoms with Crippen LogP contribution < -0.4 is 15.0 Å². The van der Waals surface area contributed by atoms with E-state index < -0.39 is 5.25 Å². The van der Waals surface area contributed by atoms with Gasteiger partial charge in [-0.15, -0.1) is 0 Å². The van der Waals surface area contributed by atoms with Crippen LogP contribution in [0.3, 0.4) is 0 Å². The van der Waals surface area contributed by atoms with Crippen LogP contribution in [0.25, 0.3) is 0 Å². The maximum atomic E-state index is 13.0. The van der Waals surface area contributed by atoms with E-state index in [2.05, 4.69) is 10.3 Å². The SMILES string of the molecule is CCCOc1ccc(N2C(=O)C[C@@H](SC(=NCCO)Nc3ccccc3)C2=O)cc1. The van der Waals surface area contributed by atoms with Gasteiger partial charge >= 0.3 is 0 Å². The number of aliphatic imine (C=N–C) groups is 1. The monoisotopic (exact) mass is 427 g/mol. The standard InChI is InChI=1S/C22H25N3O4S/c1-2-14-29-18-10-8-17(9-11-18)25-20(27)15-19(21(25)28)30-22(23-12-13-26)24-16-6-4-3-5-7-16/h3-11,19,26H,2,12-15H2,1H3,(H,23,24)/t19-/m1/s1. The van der Waals surface area contributed by atoms with Crippen LogP contribution >= 0.6 is 11.8 Å². The molecule has 2 aromatic carbocycles.